The van der Waals surface area contributed by atoms with Gasteiger partial charge in [-0.1, -0.05) is 42.4 Å². The molecule has 6 heteroatoms. The van der Waals surface area contributed by atoms with E-state index >= 15 is 0 Å². The summed E-state index contributed by atoms with van der Waals surface area (Å²) < 4.78 is 14.8. The lowest BCUT2D eigenvalue weighted by molar-refractivity contribution is -0.119. The van der Waals surface area contributed by atoms with Crippen LogP contribution in [0.3, 0.4) is 0 Å². The molecule has 0 spiro atoms. The van der Waals surface area contributed by atoms with Gasteiger partial charge in [-0.25, -0.2) is 9.37 Å². The number of benzene rings is 2. The van der Waals surface area contributed by atoms with Crippen LogP contribution in [-0.2, 0) is 11.3 Å². The summed E-state index contributed by atoms with van der Waals surface area (Å²) in [5.41, 5.74) is 1.30. The Morgan fingerprint density at radius 2 is 1.85 bits per heavy atom. The first kappa shape index (κ1) is 17.9. The molecule has 4 nitrogen and oxygen atoms in total. The van der Waals surface area contributed by atoms with Crippen molar-refractivity contribution in [3.8, 4) is 0 Å². The largest absolute Gasteiger partial charge is 0.298 e. The van der Waals surface area contributed by atoms with Crippen LogP contribution >= 0.6 is 11.8 Å². The highest BCUT2D eigenvalue weighted by Crippen LogP contribution is 2.31. The number of hydrogen-bond donors (Lipinski definition) is 0. The lowest BCUT2D eigenvalue weighted by Gasteiger charge is -2.21. The van der Waals surface area contributed by atoms with Crippen molar-refractivity contribution in [2.45, 2.75) is 42.6 Å². The third kappa shape index (κ3) is 3.81. The monoisotopic (exact) mass is 382 g/mol. The Morgan fingerprint density at radius 3 is 2.63 bits per heavy atom. The highest BCUT2D eigenvalue weighted by atomic mass is 32.2. The predicted octanol–water partition coefficient (Wildman–Crippen LogP) is 4.19. The predicted molar refractivity (Wildman–Crippen MR) is 105 cm³/mol. The van der Waals surface area contributed by atoms with Gasteiger partial charge in [0.2, 0.25) is 0 Å². The Hall–Kier alpha value is -2.47. The number of hydrogen-bond acceptors (Lipinski definition) is 4. The minimum Gasteiger partial charge on any atom is -0.298 e. The molecule has 1 aliphatic carbocycles. The molecule has 0 radical (unpaired) electrons. The molecule has 0 N–H and O–H groups in total. The number of ketones is 1. The third-order valence-corrected chi connectivity index (χ3v) is 6.13. The fourth-order valence-electron chi connectivity index (χ4n) is 3.35. The second kappa shape index (κ2) is 7.64. The van der Waals surface area contributed by atoms with Gasteiger partial charge in [0.25, 0.3) is 5.56 Å². The fourth-order valence-corrected chi connectivity index (χ4v) is 4.57. The maximum atomic E-state index is 13.2. The molecule has 1 unspecified atom stereocenters. The number of para-hydroxylation sites is 1. The first-order valence-electron chi connectivity index (χ1n) is 9.05. The molecular weight excluding hydrogens is 363 g/mol. The van der Waals surface area contributed by atoms with Gasteiger partial charge < -0.3 is 0 Å². The molecule has 0 amide bonds. The number of nitrogens with zero attached hydrogens (tertiary/aromatic N) is 2. The van der Waals surface area contributed by atoms with E-state index in [1.807, 2.05) is 18.2 Å². The van der Waals surface area contributed by atoms with E-state index in [-0.39, 0.29) is 22.4 Å². The molecule has 1 aliphatic rings. The van der Waals surface area contributed by atoms with Gasteiger partial charge in [0.05, 0.1) is 22.7 Å². The zero-order valence-corrected chi connectivity index (χ0v) is 15.5. The van der Waals surface area contributed by atoms with E-state index in [4.69, 9.17) is 0 Å². The lowest BCUT2D eigenvalue weighted by Crippen LogP contribution is -2.27. The standard InChI is InChI=1S/C21H19FN2O2S/c22-15-11-9-14(10-12-15)13-24-20(26)16-5-1-2-6-17(16)23-21(24)27-19-8-4-3-7-18(19)25/h1-2,5-6,9-12,19H,3-4,7-8,13H2. The van der Waals surface area contributed by atoms with E-state index in [1.165, 1.54) is 23.9 Å². The summed E-state index contributed by atoms with van der Waals surface area (Å²) in [6.45, 7) is 0.292. The SMILES string of the molecule is O=C1CCCCC1Sc1nc2ccccc2c(=O)n1Cc1ccc(F)cc1. The van der Waals surface area contributed by atoms with Gasteiger partial charge in [0.1, 0.15) is 11.6 Å². The Kier molecular flexibility index (Phi) is 5.07. The third-order valence-electron chi connectivity index (χ3n) is 4.83. The Labute approximate surface area is 160 Å². The summed E-state index contributed by atoms with van der Waals surface area (Å²) in [5, 5.41) is 0.925. The average Bonchev–Trinajstić information content (AvgIpc) is 2.68. The van der Waals surface area contributed by atoms with Gasteiger partial charge in [0.15, 0.2) is 5.16 Å². The maximum Gasteiger partial charge on any atom is 0.262 e. The van der Waals surface area contributed by atoms with Crippen molar-refractivity contribution in [3.63, 3.8) is 0 Å². The first-order chi connectivity index (χ1) is 13.1. The highest BCUT2D eigenvalue weighted by molar-refractivity contribution is 8.00. The van der Waals surface area contributed by atoms with Gasteiger partial charge in [-0.15, -0.1) is 0 Å². The number of Topliss-reactive ketones (excluding diaryl/α,β-unsaturated/α-hetero) is 1. The van der Waals surface area contributed by atoms with Gasteiger partial charge in [0, 0.05) is 6.42 Å². The molecule has 1 heterocycles. The van der Waals surface area contributed by atoms with E-state index in [0.717, 1.165) is 24.8 Å². The average molecular weight is 382 g/mol. The minimum absolute atomic E-state index is 0.143. The van der Waals surface area contributed by atoms with Gasteiger partial charge in [-0.2, -0.15) is 0 Å². The molecule has 1 aromatic heterocycles. The first-order valence-corrected chi connectivity index (χ1v) is 9.93. The van der Waals surface area contributed by atoms with Crippen LogP contribution in [0.1, 0.15) is 31.2 Å². The van der Waals surface area contributed by atoms with Crippen molar-refractivity contribution in [2.24, 2.45) is 0 Å². The molecule has 1 fully saturated rings. The van der Waals surface area contributed by atoms with E-state index in [1.54, 1.807) is 22.8 Å². The molecule has 4 rings (SSSR count). The summed E-state index contributed by atoms with van der Waals surface area (Å²) >= 11 is 1.38. The Balaban J connectivity index is 1.78. The molecular formula is C21H19FN2O2S. The summed E-state index contributed by atoms with van der Waals surface area (Å²) in [6.07, 6.45) is 3.35. The van der Waals surface area contributed by atoms with Crippen LogP contribution < -0.4 is 5.56 Å². The van der Waals surface area contributed by atoms with Crippen LogP contribution in [0.5, 0.6) is 0 Å². The number of aromatic nitrogens is 2. The van der Waals surface area contributed by atoms with Crippen molar-refractivity contribution in [1.82, 2.24) is 9.55 Å². The summed E-state index contributed by atoms with van der Waals surface area (Å²) in [5.74, 6) is -0.0906. The molecule has 2 aromatic carbocycles. The quantitative estimate of drug-likeness (QED) is 0.635. The second-order valence-corrected chi connectivity index (χ2v) is 7.92. The number of thioether (sulfide) groups is 1. The van der Waals surface area contributed by atoms with Crippen molar-refractivity contribution >= 4 is 28.4 Å². The van der Waals surface area contributed by atoms with Crippen LogP contribution in [0.25, 0.3) is 10.9 Å². The number of carbonyl (C=O) groups excluding carboxylic acids is 1. The van der Waals surface area contributed by atoms with Crippen molar-refractivity contribution < 1.29 is 9.18 Å². The zero-order chi connectivity index (χ0) is 18.8. The van der Waals surface area contributed by atoms with Crippen molar-refractivity contribution in [2.75, 3.05) is 0 Å². The van der Waals surface area contributed by atoms with E-state index < -0.39 is 0 Å². The molecule has 0 bridgehead atoms. The lowest BCUT2D eigenvalue weighted by atomic mass is 9.99. The molecule has 0 aliphatic heterocycles. The van der Waals surface area contributed by atoms with Gasteiger partial charge in [-0.05, 0) is 42.7 Å². The second-order valence-electron chi connectivity index (χ2n) is 6.75. The molecule has 27 heavy (non-hydrogen) atoms. The maximum absolute atomic E-state index is 13.2. The Bertz CT molecular complexity index is 1050. The normalized spacial score (nSPS) is 17.4. The van der Waals surface area contributed by atoms with Gasteiger partial charge >= 0.3 is 0 Å². The van der Waals surface area contributed by atoms with Crippen molar-refractivity contribution in [3.05, 3.63) is 70.3 Å². The molecule has 138 valence electrons. The number of fused-ring (bicyclic) bond motifs is 1. The number of rotatable bonds is 4. The van der Waals surface area contributed by atoms with Gasteiger partial charge in [-0.3, -0.25) is 14.2 Å². The smallest absolute Gasteiger partial charge is 0.262 e. The molecule has 3 aromatic rings. The minimum atomic E-state index is -0.315. The van der Waals surface area contributed by atoms with Crippen molar-refractivity contribution in [1.29, 1.82) is 0 Å². The van der Waals surface area contributed by atoms with Crippen LogP contribution in [-0.4, -0.2) is 20.6 Å². The summed E-state index contributed by atoms with van der Waals surface area (Å²) in [7, 11) is 0. The fraction of sp³-hybridized carbons (Fsp3) is 0.286. The molecule has 1 atom stereocenters. The van der Waals surface area contributed by atoms with E-state index in [0.29, 0.717) is 29.0 Å². The van der Waals surface area contributed by atoms with Crippen LogP contribution in [0, 0.1) is 5.82 Å². The summed E-state index contributed by atoms with van der Waals surface area (Å²) in [4.78, 5) is 30.0. The van der Waals surface area contributed by atoms with E-state index in [9.17, 15) is 14.0 Å². The van der Waals surface area contributed by atoms with Crippen LogP contribution in [0.2, 0.25) is 0 Å². The molecule has 1 saturated carbocycles. The van der Waals surface area contributed by atoms with E-state index in [2.05, 4.69) is 4.98 Å². The topological polar surface area (TPSA) is 52.0 Å². The summed E-state index contributed by atoms with van der Waals surface area (Å²) in [6, 6.07) is 13.3. The van der Waals surface area contributed by atoms with Crippen LogP contribution in [0.4, 0.5) is 4.39 Å². The molecule has 0 saturated heterocycles. The Morgan fingerprint density at radius 1 is 1.07 bits per heavy atom. The highest BCUT2D eigenvalue weighted by Gasteiger charge is 2.25. The zero-order valence-electron chi connectivity index (χ0n) is 14.7. The van der Waals surface area contributed by atoms with Crippen LogP contribution in [0.15, 0.2) is 58.5 Å². The number of carbonyl (C=O) groups is 1. The number of halogens is 1.